The fourth-order valence-corrected chi connectivity index (χ4v) is 2.04. The summed E-state index contributed by atoms with van der Waals surface area (Å²) in [6.07, 6.45) is 3.47. The van der Waals surface area contributed by atoms with Crippen LogP contribution < -0.4 is 0 Å². The third kappa shape index (κ3) is 2.42. The molecule has 0 aromatic heterocycles. The van der Waals surface area contributed by atoms with Gasteiger partial charge in [0, 0.05) is 24.7 Å². The van der Waals surface area contributed by atoms with E-state index in [9.17, 15) is 9.90 Å². The van der Waals surface area contributed by atoms with Crippen LogP contribution >= 0.6 is 0 Å². The third-order valence-electron chi connectivity index (χ3n) is 3.12. The molecule has 18 heavy (non-hydrogen) atoms. The van der Waals surface area contributed by atoms with Crippen molar-refractivity contribution < 1.29 is 14.6 Å². The molecule has 1 aliphatic rings. The lowest BCUT2D eigenvalue weighted by molar-refractivity contribution is -0.145. The Morgan fingerprint density at radius 3 is 2.56 bits per heavy atom. The fraction of sp³-hybridized carbons (Fsp3) is 0.267. The van der Waals surface area contributed by atoms with Crippen molar-refractivity contribution in [1.82, 2.24) is 0 Å². The van der Waals surface area contributed by atoms with Crippen LogP contribution in [0.15, 0.2) is 53.6 Å². The molecule has 1 N–H and O–H groups in total. The molecule has 1 aromatic carbocycles. The van der Waals surface area contributed by atoms with Crippen molar-refractivity contribution >= 4 is 5.78 Å². The summed E-state index contributed by atoms with van der Waals surface area (Å²) in [5.74, 6) is -1.31. The highest BCUT2D eigenvalue weighted by Gasteiger charge is 2.29. The van der Waals surface area contributed by atoms with E-state index >= 15 is 0 Å². The fourth-order valence-electron chi connectivity index (χ4n) is 2.04. The predicted molar refractivity (Wildman–Crippen MR) is 69.2 cm³/mol. The number of benzene rings is 1. The number of hydrogen-bond donors (Lipinski definition) is 1. The molecule has 1 aliphatic carbocycles. The first kappa shape index (κ1) is 12.7. The number of aliphatic hydroxyl groups is 1. The second-order valence-electron chi connectivity index (χ2n) is 4.45. The van der Waals surface area contributed by atoms with Crippen LogP contribution in [0.2, 0.25) is 0 Å². The monoisotopic (exact) mass is 244 g/mol. The molecule has 2 rings (SSSR count). The first-order chi connectivity index (χ1) is 8.56. The molecule has 0 radical (unpaired) electrons. The summed E-state index contributed by atoms with van der Waals surface area (Å²) in [7, 11) is 1.45. The van der Waals surface area contributed by atoms with Gasteiger partial charge in [0.05, 0.1) is 0 Å². The number of rotatable bonds is 3. The minimum Gasteiger partial charge on any atom is -0.362 e. The maximum Gasteiger partial charge on any atom is 0.192 e. The van der Waals surface area contributed by atoms with E-state index in [-0.39, 0.29) is 5.78 Å². The van der Waals surface area contributed by atoms with Gasteiger partial charge in [-0.15, -0.1) is 0 Å². The third-order valence-corrected chi connectivity index (χ3v) is 3.12. The van der Waals surface area contributed by atoms with Crippen LogP contribution in [-0.2, 0) is 4.74 Å². The summed E-state index contributed by atoms with van der Waals surface area (Å²) in [4.78, 5) is 12.3. The molecule has 0 saturated carbocycles. The first-order valence-corrected chi connectivity index (χ1v) is 5.82. The zero-order valence-electron chi connectivity index (χ0n) is 10.5. The van der Waals surface area contributed by atoms with Gasteiger partial charge in [-0.25, -0.2) is 0 Å². The number of Topliss-reactive ketones (excluding diaryl/α,β-unsaturated/α-hetero) is 1. The molecule has 1 atom stereocenters. The normalized spacial score (nSPS) is 23.3. The molecule has 0 fully saturated rings. The van der Waals surface area contributed by atoms with Crippen molar-refractivity contribution in [3.05, 3.63) is 59.2 Å². The van der Waals surface area contributed by atoms with Crippen molar-refractivity contribution in [3.63, 3.8) is 0 Å². The molecule has 0 spiro atoms. The molecule has 1 unspecified atom stereocenters. The van der Waals surface area contributed by atoms with E-state index in [2.05, 4.69) is 0 Å². The average Bonchev–Trinajstić information content (AvgIpc) is 2.39. The molecular formula is C15H16O3. The van der Waals surface area contributed by atoms with Crippen LogP contribution in [0.1, 0.15) is 23.7 Å². The van der Waals surface area contributed by atoms with Gasteiger partial charge in [0.1, 0.15) is 0 Å². The molecule has 0 heterocycles. The van der Waals surface area contributed by atoms with Gasteiger partial charge in [0.25, 0.3) is 0 Å². The Morgan fingerprint density at radius 2 is 2.00 bits per heavy atom. The van der Waals surface area contributed by atoms with Crippen molar-refractivity contribution in [2.75, 3.05) is 7.11 Å². The van der Waals surface area contributed by atoms with Gasteiger partial charge in [0.15, 0.2) is 11.6 Å². The number of methoxy groups -OCH3 is 1. The van der Waals surface area contributed by atoms with Gasteiger partial charge in [0.2, 0.25) is 0 Å². The minimum absolute atomic E-state index is 0.0255. The number of ether oxygens (including phenoxy) is 1. The van der Waals surface area contributed by atoms with Gasteiger partial charge in [-0.1, -0.05) is 35.9 Å². The zero-order valence-corrected chi connectivity index (χ0v) is 10.5. The molecule has 1 aromatic rings. The largest absolute Gasteiger partial charge is 0.362 e. The van der Waals surface area contributed by atoms with E-state index in [0.717, 1.165) is 5.57 Å². The van der Waals surface area contributed by atoms with Crippen LogP contribution in [0.5, 0.6) is 0 Å². The van der Waals surface area contributed by atoms with Gasteiger partial charge < -0.3 is 9.84 Å². The lowest BCUT2D eigenvalue weighted by atomic mass is 9.90. The SMILES string of the molecule is COC1(O)C=CC(C(=O)c2ccccc2)=C(C)C1. The van der Waals surface area contributed by atoms with E-state index in [1.807, 2.05) is 25.1 Å². The molecule has 0 saturated heterocycles. The summed E-state index contributed by atoms with van der Waals surface area (Å²) in [5.41, 5.74) is 2.11. The molecule has 3 heteroatoms. The topological polar surface area (TPSA) is 46.5 Å². The summed E-state index contributed by atoms with van der Waals surface area (Å²) in [6.45, 7) is 1.84. The molecule has 3 nitrogen and oxygen atoms in total. The second-order valence-corrected chi connectivity index (χ2v) is 4.45. The summed E-state index contributed by atoms with van der Waals surface area (Å²) >= 11 is 0. The summed E-state index contributed by atoms with van der Waals surface area (Å²) in [6, 6.07) is 9.11. The van der Waals surface area contributed by atoms with Crippen LogP contribution in [0.3, 0.4) is 0 Å². The van der Waals surface area contributed by atoms with E-state index in [4.69, 9.17) is 4.74 Å². The van der Waals surface area contributed by atoms with Crippen molar-refractivity contribution in [3.8, 4) is 0 Å². The quantitative estimate of drug-likeness (QED) is 0.656. The Hall–Kier alpha value is -1.71. The van der Waals surface area contributed by atoms with E-state index in [0.29, 0.717) is 17.6 Å². The Labute approximate surface area is 106 Å². The van der Waals surface area contributed by atoms with Crippen LogP contribution in [0, 0.1) is 0 Å². The Kier molecular flexibility index (Phi) is 3.45. The molecule has 0 aliphatic heterocycles. The van der Waals surface area contributed by atoms with Crippen LogP contribution in [0.4, 0.5) is 0 Å². The lowest BCUT2D eigenvalue weighted by Crippen LogP contribution is -2.31. The predicted octanol–water partition coefficient (Wildman–Crippen LogP) is 2.48. The highest BCUT2D eigenvalue weighted by Crippen LogP contribution is 2.29. The summed E-state index contributed by atoms with van der Waals surface area (Å²) in [5, 5.41) is 9.97. The highest BCUT2D eigenvalue weighted by molar-refractivity contribution is 6.11. The van der Waals surface area contributed by atoms with E-state index in [1.165, 1.54) is 13.2 Å². The van der Waals surface area contributed by atoms with E-state index < -0.39 is 5.79 Å². The van der Waals surface area contributed by atoms with Gasteiger partial charge in [-0.2, -0.15) is 0 Å². The first-order valence-electron chi connectivity index (χ1n) is 5.82. The van der Waals surface area contributed by atoms with Gasteiger partial charge in [-0.05, 0) is 19.1 Å². The Morgan fingerprint density at radius 1 is 1.33 bits per heavy atom. The number of carbonyl (C=O) groups excluding carboxylic acids is 1. The van der Waals surface area contributed by atoms with Gasteiger partial charge >= 0.3 is 0 Å². The average molecular weight is 244 g/mol. The Balaban J connectivity index is 2.29. The van der Waals surface area contributed by atoms with Crippen molar-refractivity contribution in [2.24, 2.45) is 0 Å². The van der Waals surface area contributed by atoms with Crippen molar-refractivity contribution in [2.45, 2.75) is 19.1 Å². The highest BCUT2D eigenvalue weighted by atomic mass is 16.6. The number of ketones is 1. The number of hydrogen-bond acceptors (Lipinski definition) is 3. The zero-order chi connectivity index (χ0) is 13.2. The van der Waals surface area contributed by atoms with Crippen molar-refractivity contribution in [1.29, 1.82) is 0 Å². The maximum atomic E-state index is 12.3. The molecule has 0 bridgehead atoms. The van der Waals surface area contributed by atoms with E-state index in [1.54, 1.807) is 18.2 Å². The maximum absolute atomic E-state index is 12.3. The van der Waals surface area contributed by atoms with Gasteiger partial charge in [-0.3, -0.25) is 4.79 Å². The molecule has 0 amide bonds. The molecular weight excluding hydrogens is 228 g/mol. The second kappa shape index (κ2) is 4.88. The molecule has 94 valence electrons. The number of carbonyl (C=O) groups is 1. The smallest absolute Gasteiger partial charge is 0.192 e. The lowest BCUT2D eigenvalue weighted by Gasteiger charge is -2.27. The standard InChI is InChI=1S/C15H16O3/c1-11-10-15(17,18-2)9-8-13(11)14(16)12-6-4-3-5-7-12/h3-9,17H,10H2,1-2H3. The Bertz CT molecular complexity index is 514. The number of allylic oxidation sites excluding steroid dienone is 2. The van der Waals surface area contributed by atoms with Crippen LogP contribution in [-0.4, -0.2) is 23.8 Å². The minimum atomic E-state index is -1.29. The van der Waals surface area contributed by atoms with Crippen LogP contribution in [0.25, 0.3) is 0 Å². The summed E-state index contributed by atoms with van der Waals surface area (Å²) < 4.78 is 5.01.